The minimum atomic E-state index is -0.538. The molecule has 1 fully saturated rings. The Morgan fingerprint density at radius 3 is 2.90 bits per heavy atom. The lowest BCUT2D eigenvalue weighted by Crippen LogP contribution is -2.32. The molecule has 0 aliphatic carbocycles. The van der Waals surface area contributed by atoms with Gasteiger partial charge in [-0.15, -0.1) is 0 Å². The van der Waals surface area contributed by atoms with E-state index >= 15 is 0 Å². The summed E-state index contributed by atoms with van der Waals surface area (Å²) in [4.78, 5) is 24.7. The molecule has 0 spiro atoms. The standard InChI is InChI=1S/C14H22N4O3/c1-3-5-11-6-4-8-17(9-7-11)14(19)12-13(18(20)21)10(2)15-16-12/h11H,3-9H2,1-2H3,(H,15,16). The van der Waals surface area contributed by atoms with Crippen LogP contribution in [0.3, 0.4) is 0 Å². The minimum Gasteiger partial charge on any atom is -0.337 e. The number of carbonyl (C=O) groups is 1. The van der Waals surface area contributed by atoms with Crippen LogP contribution in [-0.4, -0.2) is 39.0 Å². The van der Waals surface area contributed by atoms with Gasteiger partial charge in [0.05, 0.1) is 4.92 Å². The number of nitro groups is 1. The number of amides is 1. The van der Waals surface area contributed by atoms with Crippen LogP contribution >= 0.6 is 0 Å². The summed E-state index contributed by atoms with van der Waals surface area (Å²) in [6.45, 7) is 5.04. The second-order valence-corrected chi connectivity index (χ2v) is 5.68. The molecule has 1 aromatic heterocycles. The number of rotatable bonds is 4. The van der Waals surface area contributed by atoms with Gasteiger partial charge in [-0.25, -0.2) is 0 Å². The van der Waals surface area contributed by atoms with Gasteiger partial charge in [-0.05, 0) is 32.1 Å². The van der Waals surface area contributed by atoms with Crippen LogP contribution in [0.15, 0.2) is 0 Å². The van der Waals surface area contributed by atoms with E-state index in [-0.39, 0.29) is 17.3 Å². The van der Waals surface area contributed by atoms with Crippen molar-refractivity contribution in [1.82, 2.24) is 15.1 Å². The molecular formula is C14H22N4O3. The van der Waals surface area contributed by atoms with Crippen LogP contribution in [-0.2, 0) is 0 Å². The number of carbonyl (C=O) groups excluding carboxylic acids is 1. The molecule has 7 heteroatoms. The first-order valence-corrected chi connectivity index (χ1v) is 7.53. The van der Waals surface area contributed by atoms with E-state index in [1.807, 2.05) is 0 Å². The number of aryl methyl sites for hydroxylation is 1. The van der Waals surface area contributed by atoms with Crippen molar-refractivity contribution in [2.24, 2.45) is 5.92 Å². The fraction of sp³-hybridized carbons (Fsp3) is 0.714. The van der Waals surface area contributed by atoms with E-state index in [0.717, 1.165) is 25.7 Å². The summed E-state index contributed by atoms with van der Waals surface area (Å²) in [6.07, 6.45) is 5.38. The number of hydrogen-bond donors (Lipinski definition) is 1. The summed E-state index contributed by atoms with van der Waals surface area (Å²) >= 11 is 0. The van der Waals surface area contributed by atoms with Crippen LogP contribution in [0.5, 0.6) is 0 Å². The Balaban J connectivity index is 2.12. The number of nitrogens with zero attached hydrogens (tertiary/aromatic N) is 3. The fourth-order valence-electron chi connectivity index (χ4n) is 3.01. The van der Waals surface area contributed by atoms with E-state index in [4.69, 9.17) is 0 Å². The van der Waals surface area contributed by atoms with Crippen LogP contribution in [0, 0.1) is 23.0 Å². The largest absolute Gasteiger partial charge is 0.337 e. The van der Waals surface area contributed by atoms with E-state index in [2.05, 4.69) is 17.1 Å². The van der Waals surface area contributed by atoms with E-state index in [1.54, 1.807) is 11.8 Å². The zero-order valence-corrected chi connectivity index (χ0v) is 12.6. The third kappa shape index (κ3) is 3.40. The second kappa shape index (κ2) is 6.69. The molecule has 1 amide bonds. The maximum Gasteiger partial charge on any atom is 0.322 e. The third-order valence-corrected chi connectivity index (χ3v) is 4.13. The number of hydrogen-bond acceptors (Lipinski definition) is 4. The van der Waals surface area contributed by atoms with Gasteiger partial charge >= 0.3 is 5.69 Å². The number of aromatic nitrogens is 2. The first-order valence-electron chi connectivity index (χ1n) is 7.53. The fourth-order valence-corrected chi connectivity index (χ4v) is 3.01. The summed E-state index contributed by atoms with van der Waals surface area (Å²) < 4.78 is 0. The van der Waals surface area contributed by atoms with Crippen LogP contribution in [0.25, 0.3) is 0 Å². The SMILES string of the molecule is CCCC1CCCN(C(=O)c2n[nH]c(C)c2[N+](=O)[O-])CC1. The monoisotopic (exact) mass is 294 g/mol. The topological polar surface area (TPSA) is 92.1 Å². The zero-order valence-electron chi connectivity index (χ0n) is 12.6. The molecule has 0 aromatic carbocycles. The van der Waals surface area contributed by atoms with Crippen molar-refractivity contribution in [3.05, 3.63) is 21.5 Å². The van der Waals surface area contributed by atoms with Gasteiger partial charge in [0.2, 0.25) is 5.69 Å². The molecule has 7 nitrogen and oxygen atoms in total. The van der Waals surface area contributed by atoms with Crippen LogP contribution < -0.4 is 0 Å². The smallest absolute Gasteiger partial charge is 0.322 e. The van der Waals surface area contributed by atoms with E-state index in [1.165, 1.54) is 6.42 Å². The Kier molecular flexibility index (Phi) is 4.93. The quantitative estimate of drug-likeness (QED) is 0.682. The summed E-state index contributed by atoms with van der Waals surface area (Å²) in [7, 11) is 0. The van der Waals surface area contributed by atoms with Crippen LogP contribution in [0.4, 0.5) is 5.69 Å². The maximum absolute atomic E-state index is 12.5. The van der Waals surface area contributed by atoms with Crippen molar-refractivity contribution < 1.29 is 9.72 Å². The molecule has 21 heavy (non-hydrogen) atoms. The summed E-state index contributed by atoms with van der Waals surface area (Å²) in [5.41, 5.74) is 0.0582. The van der Waals surface area contributed by atoms with Gasteiger partial charge in [-0.1, -0.05) is 19.8 Å². The van der Waals surface area contributed by atoms with Gasteiger partial charge in [0, 0.05) is 13.1 Å². The van der Waals surface area contributed by atoms with Crippen molar-refractivity contribution in [1.29, 1.82) is 0 Å². The molecule has 1 unspecified atom stereocenters. The van der Waals surface area contributed by atoms with Crippen molar-refractivity contribution >= 4 is 11.6 Å². The average Bonchev–Trinajstić information content (AvgIpc) is 2.68. The number of H-pyrrole nitrogens is 1. The van der Waals surface area contributed by atoms with E-state index < -0.39 is 4.92 Å². The first-order chi connectivity index (χ1) is 10.0. The zero-order chi connectivity index (χ0) is 15.4. The normalized spacial score (nSPS) is 19.3. The third-order valence-electron chi connectivity index (χ3n) is 4.13. The first kappa shape index (κ1) is 15.5. The predicted octanol–water partition coefficient (Wildman–Crippen LogP) is 2.67. The Morgan fingerprint density at radius 2 is 2.24 bits per heavy atom. The Hall–Kier alpha value is -1.92. The molecule has 1 aliphatic heterocycles. The van der Waals surface area contributed by atoms with Gasteiger partial charge in [-0.2, -0.15) is 5.10 Å². The number of aromatic amines is 1. The molecule has 116 valence electrons. The van der Waals surface area contributed by atoms with Gasteiger partial charge in [0.15, 0.2) is 0 Å². The molecular weight excluding hydrogens is 272 g/mol. The highest BCUT2D eigenvalue weighted by atomic mass is 16.6. The molecule has 2 rings (SSSR count). The maximum atomic E-state index is 12.5. The predicted molar refractivity (Wildman–Crippen MR) is 78.1 cm³/mol. The summed E-state index contributed by atoms with van der Waals surface area (Å²) in [5.74, 6) is 0.326. The van der Waals surface area contributed by atoms with E-state index in [0.29, 0.717) is 24.7 Å². The van der Waals surface area contributed by atoms with Crippen molar-refractivity contribution in [2.45, 2.75) is 46.0 Å². The second-order valence-electron chi connectivity index (χ2n) is 5.68. The average molecular weight is 294 g/mol. The Bertz CT molecular complexity index is 526. The van der Waals surface area contributed by atoms with Gasteiger partial charge < -0.3 is 4.90 Å². The lowest BCUT2D eigenvalue weighted by Gasteiger charge is -2.19. The number of likely N-dealkylation sites (tertiary alicyclic amines) is 1. The van der Waals surface area contributed by atoms with E-state index in [9.17, 15) is 14.9 Å². The lowest BCUT2D eigenvalue weighted by atomic mass is 9.96. The van der Waals surface area contributed by atoms with Crippen molar-refractivity contribution in [3.8, 4) is 0 Å². The Labute approximate surface area is 123 Å². The molecule has 2 heterocycles. The minimum absolute atomic E-state index is 0.0635. The lowest BCUT2D eigenvalue weighted by molar-refractivity contribution is -0.385. The number of nitrogens with one attached hydrogen (secondary N) is 1. The molecule has 0 bridgehead atoms. The van der Waals surface area contributed by atoms with Crippen molar-refractivity contribution in [3.63, 3.8) is 0 Å². The van der Waals surface area contributed by atoms with Gasteiger partial charge in [0.25, 0.3) is 5.91 Å². The highest BCUT2D eigenvalue weighted by Crippen LogP contribution is 2.25. The molecule has 1 aromatic rings. The highest BCUT2D eigenvalue weighted by molar-refractivity contribution is 5.96. The van der Waals surface area contributed by atoms with Crippen LogP contribution in [0.2, 0.25) is 0 Å². The molecule has 1 atom stereocenters. The summed E-state index contributed by atoms with van der Waals surface area (Å²) in [5, 5.41) is 17.5. The Morgan fingerprint density at radius 1 is 1.48 bits per heavy atom. The van der Waals surface area contributed by atoms with Crippen molar-refractivity contribution in [2.75, 3.05) is 13.1 Å². The summed E-state index contributed by atoms with van der Waals surface area (Å²) in [6, 6.07) is 0. The highest BCUT2D eigenvalue weighted by Gasteiger charge is 2.31. The molecule has 0 radical (unpaired) electrons. The molecule has 1 aliphatic rings. The van der Waals surface area contributed by atoms with Gasteiger partial charge in [0.1, 0.15) is 5.69 Å². The molecule has 1 N–H and O–H groups in total. The molecule has 1 saturated heterocycles. The van der Waals surface area contributed by atoms with Crippen LogP contribution in [0.1, 0.15) is 55.2 Å². The van der Waals surface area contributed by atoms with Gasteiger partial charge in [-0.3, -0.25) is 20.0 Å². The molecule has 0 saturated carbocycles.